The molecule has 0 fully saturated rings. The summed E-state index contributed by atoms with van der Waals surface area (Å²) in [4.78, 5) is 27.3. The molecule has 1 aromatic heterocycles. The molecule has 152 valence electrons. The Balaban J connectivity index is 2.04. The molecule has 1 heterocycles. The van der Waals surface area contributed by atoms with Crippen molar-refractivity contribution in [3.8, 4) is 5.75 Å². The molecule has 0 radical (unpaired) electrons. The minimum atomic E-state index is -0.525. The Morgan fingerprint density at radius 1 is 1.14 bits per heavy atom. The maximum absolute atomic E-state index is 12.6. The first-order valence-corrected chi connectivity index (χ1v) is 10.2. The number of ether oxygens (including phenoxy) is 1. The summed E-state index contributed by atoms with van der Waals surface area (Å²) in [6.45, 7) is 2.73. The zero-order chi connectivity index (χ0) is 21.0. The number of nitrogens with zero attached hydrogens (tertiary/aromatic N) is 1. The number of nitrogens with one attached hydrogen (secondary N) is 1. The molecule has 1 amide bonds. The van der Waals surface area contributed by atoms with Crippen molar-refractivity contribution in [2.45, 2.75) is 13.3 Å². The van der Waals surface area contributed by atoms with Crippen LogP contribution in [0.5, 0.6) is 5.75 Å². The molecule has 0 spiro atoms. The number of fused-ring (bicyclic) bond motifs is 1. The zero-order valence-electron chi connectivity index (χ0n) is 16.7. The lowest BCUT2D eigenvalue weighted by molar-refractivity contribution is 0.0530. The lowest BCUT2D eigenvalue weighted by Gasteiger charge is -2.11. The summed E-state index contributed by atoms with van der Waals surface area (Å²) >= 11 is 1.18. The highest BCUT2D eigenvalue weighted by molar-refractivity contribution is 7.24. The number of benzene rings is 2. The van der Waals surface area contributed by atoms with Gasteiger partial charge in [0.15, 0.2) is 0 Å². The largest absolute Gasteiger partial charge is 0.506 e. The molecule has 2 aromatic carbocycles. The van der Waals surface area contributed by atoms with Crippen molar-refractivity contribution in [3.63, 3.8) is 0 Å². The molecule has 0 saturated carbocycles. The molecule has 0 aliphatic rings. The summed E-state index contributed by atoms with van der Waals surface area (Å²) in [5.74, 6) is -0.710. The van der Waals surface area contributed by atoms with Crippen LogP contribution in [0.3, 0.4) is 0 Å². The fourth-order valence-corrected chi connectivity index (χ4v) is 4.14. The number of rotatable bonds is 7. The number of hydrogen-bond donors (Lipinski definition) is 2. The van der Waals surface area contributed by atoms with Crippen LogP contribution in [0.15, 0.2) is 42.5 Å². The number of phenolic OH excluding ortho intramolecular Hbond substituents is 1. The van der Waals surface area contributed by atoms with Gasteiger partial charge in [-0.2, -0.15) is 0 Å². The zero-order valence-corrected chi connectivity index (χ0v) is 17.5. The highest BCUT2D eigenvalue weighted by Gasteiger charge is 2.24. The fraction of sp³-hybridized carbons (Fsp3) is 0.273. The van der Waals surface area contributed by atoms with Crippen LogP contribution in [0.1, 0.15) is 33.2 Å². The molecule has 0 unspecified atom stereocenters. The molecular weight excluding hydrogens is 388 g/mol. The minimum Gasteiger partial charge on any atom is -0.506 e. The van der Waals surface area contributed by atoms with Gasteiger partial charge >= 0.3 is 5.97 Å². The van der Waals surface area contributed by atoms with Gasteiger partial charge in [0.25, 0.3) is 5.91 Å². The van der Waals surface area contributed by atoms with Crippen molar-refractivity contribution in [1.29, 1.82) is 0 Å². The summed E-state index contributed by atoms with van der Waals surface area (Å²) in [7, 11) is 3.94. The van der Waals surface area contributed by atoms with E-state index in [1.54, 1.807) is 37.3 Å². The summed E-state index contributed by atoms with van der Waals surface area (Å²) in [5.41, 5.74) is 1.55. The number of carbonyl (C=O) groups is 2. The topological polar surface area (TPSA) is 78.9 Å². The second kappa shape index (κ2) is 9.07. The van der Waals surface area contributed by atoms with Crippen LogP contribution in [0.4, 0.5) is 5.00 Å². The van der Waals surface area contributed by atoms with Gasteiger partial charge in [-0.05, 0) is 45.1 Å². The van der Waals surface area contributed by atoms with Crippen molar-refractivity contribution in [2.24, 2.45) is 0 Å². The van der Waals surface area contributed by atoms with Crippen molar-refractivity contribution < 1.29 is 19.4 Å². The fourth-order valence-electron chi connectivity index (χ4n) is 2.99. The normalized spacial score (nSPS) is 11.0. The highest BCUT2D eigenvalue weighted by Crippen LogP contribution is 2.42. The van der Waals surface area contributed by atoms with Crippen LogP contribution in [-0.2, 0) is 11.2 Å². The summed E-state index contributed by atoms with van der Waals surface area (Å²) in [6.07, 6.45) is 0.674. The van der Waals surface area contributed by atoms with Crippen LogP contribution in [0.2, 0.25) is 0 Å². The Morgan fingerprint density at radius 2 is 1.86 bits per heavy atom. The van der Waals surface area contributed by atoms with Crippen LogP contribution < -0.4 is 5.32 Å². The van der Waals surface area contributed by atoms with E-state index in [4.69, 9.17) is 4.74 Å². The second-order valence-electron chi connectivity index (χ2n) is 6.85. The second-order valence-corrected chi connectivity index (χ2v) is 7.87. The first-order valence-electron chi connectivity index (χ1n) is 9.38. The predicted molar refractivity (Wildman–Crippen MR) is 116 cm³/mol. The molecule has 2 N–H and O–H groups in total. The molecule has 0 aliphatic carbocycles. The summed E-state index contributed by atoms with van der Waals surface area (Å²) in [5, 5.41) is 14.5. The third-order valence-electron chi connectivity index (χ3n) is 4.49. The van der Waals surface area contributed by atoms with Gasteiger partial charge in [0.2, 0.25) is 0 Å². The van der Waals surface area contributed by atoms with Gasteiger partial charge in [0.1, 0.15) is 16.3 Å². The van der Waals surface area contributed by atoms with E-state index in [2.05, 4.69) is 5.32 Å². The minimum absolute atomic E-state index is 0.139. The molecule has 3 aromatic rings. The molecule has 29 heavy (non-hydrogen) atoms. The van der Waals surface area contributed by atoms with Gasteiger partial charge in [0.05, 0.1) is 11.3 Å². The molecule has 6 nitrogen and oxygen atoms in total. The lowest BCUT2D eigenvalue weighted by atomic mass is 10.1. The number of likely N-dealkylation sites (N-methyl/N-ethyl adjacent to an activating group) is 1. The first kappa shape index (κ1) is 20.8. The predicted octanol–water partition coefficient (Wildman–Crippen LogP) is 4.14. The summed E-state index contributed by atoms with van der Waals surface area (Å²) < 4.78 is 5.76. The number of thiophene rings is 1. The Morgan fingerprint density at radius 3 is 2.52 bits per heavy atom. The maximum Gasteiger partial charge on any atom is 0.341 e. The Hall–Kier alpha value is -2.90. The number of phenols is 1. The molecule has 0 aliphatic heterocycles. The van der Waals surface area contributed by atoms with Gasteiger partial charge in [-0.25, -0.2) is 4.79 Å². The standard InChI is InChI=1S/C22H24N2O4S/c1-4-28-22(27)17-16-11-10-14(12-13-24(2)3)18(25)19(16)29-21(17)23-20(26)15-8-6-5-7-9-15/h5-11,25H,4,12-13H2,1-3H3,(H,23,26). The number of esters is 1. The number of amides is 1. The van der Waals surface area contributed by atoms with Crippen molar-refractivity contribution in [1.82, 2.24) is 4.90 Å². The van der Waals surface area contributed by atoms with Gasteiger partial charge in [-0.1, -0.05) is 30.3 Å². The number of carbonyl (C=O) groups excluding carboxylic acids is 2. The van der Waals surface area contributed by atoms with E-state index in [1.165, 1.54) is 11.3 Å². The third kappa shape index (κ3) is 4.58. The molecular formula is C22H24N2O4S. The van der Waals surface area contributed by atoms with Crippen molar-refractivity contribution in [3.05, 3.63) is 59.2 Å². The highest BCUT2D eigenvalue weighted by atomic mass is 32.1. The van der Waals surface area contributed by atoms with Crippen LogP contribution in [0, 0.1) is 0 Å². The van der Waals surface area contributed by atoms with E-state index < -0.39 is 5.97 Å². The molecule has 0 atom stereocenters. The van der Waals surface area contributed by atoms with Gasteiger partial charge in [0, 0.05) is 17.5 Å². The first-order chi connectivity index (χ1) is 13.9. The van der Waals surface area contributed by atoms with E-state index in [-0.39, 0.29) is 23.8 Å². The van der Waals surface area contributed by atoms with Crippen LogP contribution >= 0.6 is 11.3 Å². The Bertz CT molecular complexity index is 1030. The Labute approximate surface area is 173 Å². The van der Waals surface area contributed by atoms with Gasteiger partial charge in [-0.15, -0.1) is 11.3 Å². The van der Waals surface area contributed by atoms with Gasteiger partial charge in [-0.3, -0.25) is 4.79 Å². The molecule has 0 bridgehead atoms. The van der Waals surface area contributed by atoms with Gasteiger partial charge < -0.3 is 20.1 Å². The third-order valence-corrected chi connectivity index (χ3v) is 5.61. The Kier molecular flexibility index (Phi) is 6.51. The van der Waals surface area contributed by atoms with Crippen molar-refractivity contribution >= 4 is 38.3 Å². The van der Waals surface area contributed by atoms with E-state index >= 15 is 0 Å². The van der Waals surface area contributed by atoms with Crippen LogP contribution in [0.25, 0.3) is 10.1 Å². The monoisotopic (exact) mass is 412 g/mol. The lowest BCUT2D eigenvalue weighted by Crippen LogP contribution is -2.15. The summed E-state index contributed by atoms with van der Waals surface area (Å²) in [6, 6.07) is 12.4. The van der Waals surface area contributed by atoms with Crippen LogP contribution in [-0.4, -0.2) is 49.1 Å². The molecule has 3 rings (SSSR count). The van der Waals surface area contributed by atoms with Crippen molar-refractivity contribution in [2.75, 3.05) is 32.6 Å². The SMILES string of the molecule is CCOC(=O)c1c(NC(=O)c2ccccc2)sc2c(O)c(CCN(C)C)ccc12. The smallest absolute Gasteiger partial charge is 0.341 e. The molecule has 7 heteroatoms. The number of aromatic hydroxyl groups is 1. The number of anilines is 1. The van der Waals surface area contributed by atoms with E-state index in [9.17, 15) is 14.7 Å². The maximum atomic E-state index is 12.6. The van der Waals surface area contributed by atoms with E-state index in [1.807, 2.05) is 31.1 Å². The molecule has 0 saturated heterocycles. The quantitative estimate of drug-likeness (QED) is 0.570. The number of hydrogen-bond acceptors (Lipinski definition) is 6. The average molecular weight is 413 g/mol. The average Bonchev–Trinajstić information content (AvgIpc) is 3.07. The van der Waals surface area contributed by atoms with E-state index in [0.717, 1.165) is 12.1 Å². The van der Waals surface area contributed by atoms with E-state index in [0.29, 0.717) is 27.1 Å².